The summed E-state index contributed by atoms with van der Waals surface area (Å²) in [5.41, 5.74) is 0.857. The Morgan fingerprint density at radius 2 is 1.87 bits per heavy atom. The molecule has 0 unspecified atom stereocenters. The summed E-state index contributed by atoms with van der Waals surface area (Å²) in [6.07, 6.45) is 3.27. The van der Waals surface area contributed by atoms with Crippen molar-refractivity contribution in [1.29, 1.82) is 0 Å². The summed E-state index contributed by atoms with van der Waals surface area (Å²) in [5.74, 6) is -0.694. The van der Waals surface area contributed by atoms with Gasteiger partial charge in [-0.25, -0.2) is 4.79 Å². The van der Waals surface area contributed by atoms with E-state index in [0.29, 0.717) is 5.76 Å². The van der Waals surface area contributed by atoms with Crippen molar-refractivity contribution in [3.05, 3.63) is 36.6 Å². The maximum absolute atomic E-state index is 10.0. The van der Waals surface area contributed by atoms with Gasteiger partial charge in [0.05, 0.1) is 0 Å². The van der Waals surface area contributed by atoms with Gasteiger partial charge in [-0.2, -0.15) is 0 Å². The lowest BCUT2D eigenvalue weighted by molar-refractivity contribution is -0.140. The van der Waals surface area contributed by atoms with E-state index in [2.05, 4.69) is 13.2 Å². The molecule has 0 radical (unpaired) electrons. The minimum Gasteiger partial charge on any atom is -0.483 e. The number of carboxylic acid groups (broad SMARTS) is 1. The molecule has 0 amide bonds. The molecular weight excluding hydrogens is 196 g/mol. The first-order chi connectivity index (χ1) is 6.93. The molecule has 0 aliphatic carbocycles. The van der Waals surface area contributed by atoms with E-state index < -0.39 is 5.97 Å². The van der Waals surface area contributed by atoms with Gasteiger partial charge in [-0.05, 0) is 19.9 Å². The highest BCUT2D eigenvalue weighted by atomic mass is 16.5. The van der Waals surface area contributed by atoms with Gasteiger partial charge in [0.1, 0.15) is 5.76 Å². The number of aliphatic hydroxyl groups is 1. The van der Waals surface area contributed by atoms with Crippen LogP contribution in [-0.2, 0) is 9.53 Å². The summed E-state index contributed by atoms with van der Waals surface area (Å²) in [5, 5.41) is 15.8. The van der Waals surface area contributed by atoms with Gasteiger partial charge < -0.3 is 14.9 Å². The Balaban J connectivity index is 0. The molecule has 0 spiro atoms. The Bertz CT molecular complexity index is 241. The van der Waals surface area contributed by atoms with E-state index in [-0.39, 0.29) is 13.2 Å². The average molecular weight is 214 g/mol. The molecule has 0 atom stereocenters. The number of allylic oxidation sites excluding steroid dienone is 3. The monoisotopic (exact) mass is 214 g/mol. The molecule has 0 aliphatic rings. The van der Waals surface area contributed by atoms with Crippen LogP contribution in [-0.4, -0.2) is 29.4 Å². The number of carboxylic acids is 1. The van der Waals surface area contributed by atoms with Crippen LogP contribution >= 0.6 is 0 Å². The molecule has 0 saturated carbocycles. The first kappa shape index (κ1) is 15.9. The minimum atomic E-state index is -1.01. The van der Waals surface area contributed by atoms with Gasteiger partial charge in [0.2, 0.25) is 0 Å². The van der Waals surface area contributed by atoms with E-state index in [1.807, 2.05) is 6.92 Å². The molecule has 0 heterocycles. The lowest BCUT2D eigenvalue weighted by Crippen LogP contribution is -2.05. The first-order valence-electron chi connectivity index (χ1n) is 4.42. The number of aliphatic carboxylic acids is 1. The fraction of sp³-hybridized carbons (Fsp3) is 0.364. The Hall–Kier alpha value is -1.55. The second-order valence-corrected chi connectivity index (χ2v) is 2.64. The lowest BCUT2D eigenvalue weighted by atomic mass is 10.3. The van der Waals surface area contributed by atoms with Gasteiger partial charge in [-0.3, -0.25) is 0 Å². The van der Waals surface area contributed by atoms with Crippen LogP contribution in [0.1, 0.15) is 13.8 Å². The molecule has 0 saturated heterocycles. The van der Waals surface area contributed by atoms with E-state index in [1.165, 1.54) is 0 Å². The maximum Gasteiger partial charge on any atom is 0.341 e. The molecule has 15 heavy (non-hydrogen) atoms. The Morgan fingerprint density at radius 1 is 1.40 bits per heavy atom. The highest BCUT2D eigenvalue weighted by molar-refractivity contribution is 5.68. The van der Waals surface area contributed by atoms with Crippen LogP contribution < -0.4 is 0 Å². The van der Waals surface area contributed by atoms with Crippen LogP contribution in [0.2, 0.25) is 0 Å². The smallest absolute Gasteiger partial charge is 0.341 e. The molecule has 2 N–H and O–H groups in total. The largest absolute Gasteiger partial charge is 0.483 e. The number of carbonyl (C=O) groups is 1. The van der Waals surface area contributed by atoms with E-state index in [9.17, 15) is 4.79 Å². The quantitative estimate of drug-likeness (QED) is 0.540. The van der Waals surface area contributed by atoms with Gasteiger partial charge in [-0.1, -0.05) is 24.8 Å². The van der Waals surface area contributed by atoms with Crippen LogP contribution in [0.25, 0.3) is 0 Å². The highest BCUT2D eigenvalue weighted by Gasteiger charge is 1.95. The summed E-state index contributed by atoms with van der Waals surface area (Å²) < 4.78 is 4.73. The Kier molecular flexibility index (Phi) is 11.2. The Morgan fingerprint density at radius 3 is 2.20 bits per heavy atom. The second kappa shape index (κ2) is 10.5. The molecule has 86 valence electrons. The standard InChI is InChI=1S/C9H12O3.C2H6O/c1-7(2)4-5-8(3)12-6-9(10)11;1-2-3/h4-5H,1,3,6H2,2H3,(H,10,11);3H,2H2,1H3/b5-4-;. The predicted molar refractivity (Wildman–Crippen MR) is 59.4 cm³/mol. The van der Waals surface area contributed by atoms with Crippen molar-refractivity contribution in [3.8, 4) is 0 Å². The third kappa shape index (κ3) is 19.0. The van der Waals surface area contributed by atoms with Crippen LogP contribution in [0.3, 0.4) is 0 Å². The molecule has 0 aromatic rings. The van der Waals surface area contributed by atoms with Crippen LogP contribution in [0.15, 0.2) is 36.6 Å². The average Bonchev–Trinajstić information content (AvgIpc) is 2.12. The predicted octanol–water partition coefficient (Wildman–Crippen LogP) is 1.73. The third-order valence-electron chi connectivity index (χ3n) is 0.935. The van der Waals surface area contributed by atoms with Crippen molar-refractivity contribution in [2.45, 2.75) is 13.8 Å². The van der Waals surface area contributed by atoms with E-state index in [1.54, 1.807) is 19.1 Å². The first-order valence-corrected chi connectivity index (χ1v) is 4.42. The Labute approximate surface area is 90.2 Å². The molecule has 0 rings (SSSR count). The molecule has 0 bridgehead atoms. The molecule has 0 fully saturated rings. The SMILES string of the molecule is C=C(C)/C=C\C(=C)OCC(=O)O.CCO. The van der Waals surface area contributed by atoms with Gasteiger partial charge in [0, 0.05) is 6.61 Å². The van der Waals surface area contributed by atoms with Crippen molar-refractivity contribution < 1.29 is 19.7 Å². The fourth-order valence-electron chi connectivity index (χ4n) is 0.438. The summed E-state index contributed by atoms with van der Waals surface area (Å²) in [6.45, 7) is 10.5. The molecule has 0 aromatic heterocycles. The van der Waals surface area contributed by atoms with E-state index >= 15 is 0 Å². The van der Waals surface area contributed by atoms with Crippen molar-refractivity contribution >= 4 is 5.97 Å². The minimum absolute atomic E-state index is 0.250. The third-order valence-corrected chi connectivity index (χ3v) is 0.935. The van der Waals surface area contributed by atoms with Gasteiger partial charge in [0.15, 0.2) is 6.61 Å². The molecule has 0 aromatic carbocycles. The van der Waals surface area contributed by atoms with Crippen molar-refractivity contribution in [2.24, 2.45) is 0 Å². The van der Waals surface area contributed by atoms with Crippen molar-refractivity contribution in [1.82, 2.24) is 0 Å². The zero-order valence-electron chi connectivity index (χ0n) is 9.19. The topological polar surface area (TPSA) is 66.8 Å². The van der Waals surface area contributed by atoms with Gasteiger partial charge in [-0.15, -0.1) is 0 Å². The van der Waals surface area contributed by atoms with Gasteiger partial charge in [0.25, 0.3) is 0 Å². The summed E-state index contributed by atoms with van der Waals surface area (Å²) in [4.78, 5) is 10.0. The van der Waals surface area contributed by atoms with Crippen LogP contribution in [0, 0.1) is 0 Å². The highest BCUT2D eigenvalue weighted by Crippen LogP contribution is 1.98. The van der Waals surface area contributed by atoms with Crippen LogP contribution in [0.5, 0.6) is 0 Å². The van der Waals surface area contributed by atoms with Crippen molar-refractivity contribution in [2.75, 3.05) is 13.2 Å². The number of hydrogen-bond acceptors (Lipinski definition) is 3. The molecule has 4 heteroatoms. The van der Waals surface area contributed by atoms with Crippen LogP contribution in [0.4, 0.5) is 0 Å². The lowest BCUT2D eigenvalue weighted by Gasteiger charge is -2.00. The normalized spacial score (nSPS) is 9.00. The van der Waals surface area contributed by atoms with Crippen molar-refractivity contribution in [3.63, 3.8) is 0 Å². The number of hydrogen-bond donors (Lipinski definition) is 2. The number of rotatable bonds is 5. The zero-order chi connectivity index (χ0) is 12.3. The molecular formula is C11H18O4. The summed E-state index contributed by atoms with van der Waals surface area (Å²) in [7, 11) is 0. The van der Waals surface area contributed by atoms with E-state index in [0.717, 1.165) is 5.57 Å². The van der Waals surface area contributed by atoms with E-state index in [4.69, 9.17) is 14.9 Å². The fourth-order valence-corrected chi connectivity index (χ4v) is 0.438. The second-order valence-electron chi connectivity index (χ2n) is 2.64. The molecule has 4 nitrogen and oxygen atoms in total. The summed E-state index contributed by atoms with van der Waals surface area (Å²) in [6, 6.07) is 0. The number of ether oxygens (including phenoxy) is 1. The summed E-state index contributed by atoms with van der Waals surface area (Å²) >= 11 is 0. The zero-order valence-corrected chi connectivity index (χ0v) is 9.19. The molecule has 0 aliphatic heterocycles. The number of aliphatic hydroxyl groups excluding tert-OH is 1. The maximum atomic E-state index is 10.0. The van der Waals surface area contributed by atoms with Gasteiger partial charge >= 0.3 is 5.97 Å².